The number of hydrogen-bond donors (Lipinski definition) is 1. The molecule has 0 aliphatic rings. The first-order valence-electron chi connectivity index (χ1n) is 5.99. The molecule has 0 saturated heterocycles. The number of rotatable bonds is 5. The molecule has 1 atom stereocenters. The molecule has 0 aliphatic heterocycles. The molecule has 0 spiro atoms. The summed E-state index contributed by atoms with van der Waals surface area (Å²) in [6, 6.07) is 5.23. The predicted molar refractivity (Wildman–Crippen MR) is 68.7 cm³/mol. The molecule has 0 saturated carbocycles. The van der Waals surface area contributed by atoms with Gasteiger partial charge in [-0.15, -0.1) is 0 Å². The van der Waals surface area contributed by atoms with Gasteiger partial charge in [0.05, 0.1) is 0 Å². The Bertz CT molecular complexity index is 581. The Morgan fingerprint density at radius 2 is 1.57 bits per heavy atom. The summed E-state index contributed by atoms with van der Waals surface area (Å²) < 4.78 is 85.6. The van der Waals surface area contributed by atoms with Gasteiger partial charge in [0.2, 0.25) is 0 Å². The normalized spacial score (nSPS) is 14.8. The van der Waals surface area contributed by atoms with Crippen molar-refractivity contribution in [3.63, 3.8) is 0 Å². The van der Waals surface area contributed by atoms with Crippen LogP contribution in [0.5, 0.6) is 0 Å². The number of sulfonamides is 1. The van der Waals surface area contributed by atoms with E-state index in [9.17, 15) is 30.4 Å². The van der Waals surface area contributed by atoms with Crippen LogP contribution in [-0.4, -0.2) is 19.8 Å². The Morgan fingerprint density at radius 3 is 1.95 bits per heavy atom. The van der Waals surface area contributed by atoms with Gasteiger partial charge < -0.3 is 0 Å². The quantitative estimate of drug-likeness (QED) is 0.826. The Kier molecular flexibility index (Phi) is 4.87. The van der Waals surface area contributed by atoms with E-state index in [4.69, 9.17) is 0 Å². The van der Waals surface area contributed by atoms with Gasteiger partial charge in [-0.1, -0.05) is 26.0 Å². The lowest BCUT2D eigenvalue weighted by atomic mass is 9.99. The van der Waals surface area contributed by atoms with Crippen LogP contribution in [0.25, 0.3) is 0 Å². The summed E-state index contributed by atoms with van der Waals surface area (Å²) in [5.74, 6) is 0.160. The van der Waals surface area contributed by atoms with E-state index in [-0.39, 0.29) is 11.6 Å². The summed E-state index contributed by atoms with van der Waals surface area (Å²) in [6.45, 7) is 3.82. The van der Waals surface area contributed by atoms with Crippen molar-refractivity contribution in [2.75, 3.05) is 4.72 Å². The Labute approximate surface area is 119 Å². The molecule has 0 bridgehead atoms. The number of nitrogens with one attached hydrogen (secondary N) is 1. The summed E-state index contributed by atoms with van der Waals surface area (Å²) in [4.78, 5) is 0. The standard InChI is InChI=1S/C12H14F5NO2S/c1-3-8(2)9-4-6-10(7-5-9)18-21(19,20)12(16,17)11(13,14)15/h4-8,18H,3H2,1-2H3. The van der Waals surface area contributed by atoms with Crippen molar-refractivity contribution in [1.29, 1.82) is 0 Å². The molecule has 1 unspecified atom stereocenters. The minimum absolute atomic E-state index is 0.160. The second-order valence-electron chi connectivity index (χ2n) is 4.55. The molecule has 120 valence electrons. The first kappa shape index (κ1) is 17.7. The molecular formula is C12H14F5NO2S. The fourth-order valence-electron chi connectivity index (χ4n) is 1.49. The van der Waals surface area contributed by atoms with Gasteiger partial charge in [0.25, 0.3) is 0 Å². The Morgan fingerprint density at radius 1 is 1.10 bits per heavy atom. The largest absolute Gasteiger partial charge is 0.471 e. The van der Waals surface area contributed by atoms with Crippen LogP contribution in [0.3, 0.4) is 0 Å². The molecule has 9 heteroatoms. The minimum Gasteiger partial charge on any atom is -0.278 e. The summed E-state index contributed by atoms with van der Waals surface area (Å²) in [7, 11) is -5.92. The molecule has 0 aliphatic carbocycles. The van der Waals surface area contributed by atoms with Crippen LogP contribution in [-0.2, 0) is 10.0 Å². The maximum absolute atomic E-state index is 12.9. The zero-order valence-electron chi connectivity index (χ0n) is 11.2. The van der Waals surface area contributed by atoms with Crippen LogP contribution < -0.4 is 4.72 Å². The summed E-state index contributed by atoms with van der Waals surface area (Å²) in [5, 5.41) is -5.87. The summed E-state index contributed by atoms with van der Waals surface area (Å²) in [6.07, 6.45) is -5.38. The minimum atomic E-state index is -6.19. The van der Waals surface area contributed by atoms with Gasteiger partial charge in [-0.3, -0.25) is 4.72 Å². The molecule has 0 fully saturated rings. The van der Waals surface area contributed by atoms with Crippen LogP contribution in [0.4, 0.5) is 27.6 Å². The van der Waals surface area contributed by atoms with Gasteiger partial charge in [0.15, 0.2) is 0 Å². The first-order chi connectivity index (χ1) is 9.42. The average molecular weight is 331 g/mol. The van der Waals surface area contributed by atoms with Gasteiger partial charge >= 0.3 is 21.5 Å². The van der Waals surface area contributed by atoms with E-state index < -0.39 is 21.5 Å². The monoisotopic (exact) mass is 331 g/mol. The lowest BCUT2D eigenvalue weighted by molar-refractivity contribution is -0.241. The van der Waals surface area contributed by atoms with Crippen LogP contribution in [0.2, 0.25) is 0 Å². The van der Waals surface area contributed by atoms with Gasteiger partial charge in [-0.05, 0) is 30.0 Å². The molecule has 0 radical (unpaired) electrons. The Balaban J connectivity index is 3.01. The lowest BCUT2D eigenvalue weighted by Crippen LogP contribution is -2.46. The van der Waals surface area contributed by atoms with Crippen LogP contribution in [0.15, 0.2) is 24.3 Å². The molecule has 0 amide bonds. The van der Waals surface area contributed by atoms with Gasteiger partial charge in [0, 0.05) is 5.69 Å². The number of halogens is 5. The smallest absolute Gasteiger partial charge is 0.278 e. The van der Waals surface area contributed by atoms with Crippen molar-refractivity contribution in [2.45, 2.75) is 37.6 Å². The molecule has 1 aromatic rings. The first-order valence-corrected chi connectivity index (χ1v) is 7.47. The van der Waals surface area contributed by atoms with Gasteiger partial charge in [-0.2, -0.15) is 30.4 Å². The third kappa shape index (κ3) is 3.63. The Hall–Kier alpha value is -1.38. The number of alkyl halides is 5. The highest BCUT2D eigenvalue weighted by atomic mass is 32.2. The second-order valence-corrected chi connectivity index (χ2v) is 6.28. The molecular weight excluding hydrogens is 317 g/mol. The van der Waals surface area contributed by atoms with Crippen molar-refractivity contribution < 1.29 is 30.4 Å². The number of hydrogen-bond acceptors (Lipinski definition) is 2. The molecule has 1 aromatic carbocycles. The maximum atomic E-state index is 12.9. The highest BCUT2D eigenvalue weighted by Crippen LogP contribution is 2.40. The van der Waals surface area contributed by atoms with E-state index in [0.29, 0.717) is 0 Å². The van der Waals surface area contributed by atoms with Crippen molar-refractivity contribution >= 4 is 15.7 Å². The maximum Gasteiger partial charge on any atom is 0.471 e. The highest BCUT2D eigenvalue weighted by molar-refractivity contribution is 7.93. The third-order valence-electron chi connectivity index (χ3n) is 3.01. The lowest BCUT2D eigenvalue weighted by Gasteiger charge is -2.20. The van der Waals surface area contributed by atoms with E-state index in [1.807, 2.05) is 13.8 Å². The topological polar surface area (TPSA) is 46.2 Å². The molecule has 3 nitrogen and oxygen atoms in total. The van der Waals surface area contributed by atoms with Crippen LogP contribution in [0.1, 0.15) is 31.7 Å². The molecule has 1 N–H and O–H groups in total. The molecule has 21 heavy (non-hydrogen) atoms. The zero-order chi connectivity index (χ0) is 16.5. The fraction of sp³-hybridized carbons (Fsp3) is 0.500. The van der Waals surface area contributed by atoms with E-state index >= 15 is 0 Å². The van der Waals surface area contributed by atoms with Gasteiger partial charge in [-0.25, -0.2) is 0 Å². The van der Waals surface area contributed by atoms with E-state index in [2.05, 4.69) is 0 Å². The third-order valence-corrected chi connectivity index (χ3v) is 4.42. The van der Waals surface area contributed by atoms with Crippen molar-refractivity contribution in [1.82, 2.24) is 0 Å². The zero-order valence-corrected chi connectivity index (χ0v) is 12.0. The second kappa shape index (κ2) is 5.78. The molecule has 0 heterocycles. The summed E-state index contributed by atoms with van der Waals surface area (Å²) >= 11 is 0. The average Bonchev–Trinajstić information content (AvgIpc) is 2.36. The number of anilines is 1. The van der Waals surface area contributed by atoms with Gasteiger partial charge in [0.1, 0.15) is 0 Å². The van der Waals surface area contributed by atoms with E-state index in [0.717, 1.165) is 24.1 Å². The fourth-order valence-corrected chi connectivity index (χ4v) is 2.37. The van der Waals surface area contributed by atoms with E-state index in [1.165, 1.54) is 16.9 Å². The van der Waals surface area contributed by atoms with Crippen molar-refractivity contribution in [3.05, 3.63) is 29.8 Å². The van der Waals surface area contributed by atoms with E-state index in [1.54, 1.807) is 0 Å². The van der Waals surface area contributed by atoms with Crippen LogP contribution >= 0.6 is 0 Å². The SMILES string of the molecule is CCC(C)c1ccc(NS(=O)(=O)C(F)(F)C(F)(F)F)cc1. The van der Waals surface area contributed by atoms with Crippen LogP contribution in [0, 0.1) is 0 Å². The predicted octanol–water partition coefficient (Wildman–Crippen LogP) is 4.10. The summed E-state index contributed by atoms with van der Waals surface area (Å²) in [5.41, 5.74) is 0.467. The molecule has 1 rings (SSSR count). The number of benzene rings is 1. The molecule has 0 aromatic heterocycles. The van der Waals surface area contributed by atoms with Crippen molar-refractivity contribution in [3.8, 4) is 0 Å². The van der Waals surface area contributed by atoms with Crippen molar-refractivity contribution in [2.24, 2.45) is 0 Å². The highest BCUT2D eigenvalue weighted by Gasteiger charge is 2.67.